The Hall–Kier alpha value is -2.81. The Morgan fingerprint density at radius 3 is 2.41 bits per heavy atom. The molecule has 0 bridgehead atoms. The quantitative estimate of drug-likeness (QED) is 0.754. The zero-order valence-corrected chi connectivity index (χ0v) is 18.1. The van der Waals surface area contributed by atoms with E-state index in [9.17, 15) is 18.0 Å². The van der Waals surface area contributed by atoms with Crippen molar-refractivity contribution in [3.63, 3.8) is 0 Å². The number of carbonyl (C=O) groups is 2. The van der Waals surface area contributed by atoms with Gasteiger partial charge >= 0.3 is 12.1 Å². The minimum atomic E-state index is -5.08. The molecule has 174 valence electrons. The zero-order valence-electron chi connectivity index (χ0n) is 18.1. The maximum absolute atomic E-state index is 13.1. The maximum atomic E-state index is 13.1. The second-order valence-corrected chi connectivity index (χ2v) is 8.52. The summed E-state index contributed by atoms with van der Waals surface area (Å²) >= 11 is 0. The SMILES string of the molecule is Cc1cccc(CN2CCC3(CCN(Cc4ccc(C)o4)C3)C2=O)c1.O=C(O)C(F)(F)F. The third-order valence-electron chi connectivity index (χ3n) is 5.91. The van der Waals surface area contributed by atoms with Gasteiger partial charge in [-0.15, -0.1) is 0 Å². The Morgan fingerprint density at radius 1 is 1.12 bits per heavy atom. The second kappa shape index (κ2) is 9.36. The second-order valence-electron chi connectivity index (χ2n) is 8.52. The van der Waals surface area contributed by atoms with Crippen molar-refractivity contribution < 1.29 is 32.3 Å². The van der Waals surface area contributed by atoms with Crippen LogP contribution < -0.4 is 0 Å². The van der Waals surface area contributed by atoms with E-state index in [1.807, 2.05) is 19.1 Å². The normalized spacial score (nSPS) is 21.2. The molecule has 0 saturated carbocycles. The Morgan fingerprint density at radius 2 is 1.81 bits per heavy atom. The summed E-state index contributed by atoms with van der Waals surface area (Å²) in [4.78, 5) is 26.4. The lowest BCUT2D eigenvalue weighted by atomic mass is 9.85. The summed E-state index contributed by atoms with van der Waals surface area (Å²) in [6.07, 6.45) is -3.14. The number of furan rings is 1. The average molecular weight is 452 g/mol. The number of aliphatic carboxylic acids is 1. The minimum Gasteiger partial charge on any atom is -0.475 e. The first-order valence-corrected chi connectivity index (χ1v) is 10.4. The summed E-state index contributed by atoms with van der Waals surface area (Å²) in [5.74, 6) is -0.471. The molecule has 2 aliphatic rings. The van der Waals surface area contributed by atoms with Gasteiger partial charge in [0, 0.05) is 19.6 Å². The van der Waals surface area contributed by atoms with Gasteiger partial charge < -0.3 is 14.4 Å². The summed E-state index contributed by atoms with van der Waals surface area (Å²) in [6, 6.07) is 12.5. The molecule has 1 atom stereocenters. The van der Waals surface area contributed by atoms with E-state index >= 15 is 0 Å². The van der Waals surface area contributed by atoms with Gasteiger partial charge in [0.05, 0.1) is 12.0 Å². The number of hydrogen-bond donors (Lipinski definition) is 1. The summed E-state index contributed by atoms with van der Waals surface area (Å²) in [6.45, 7) is 8.32. The molecule has 0 aliphatic carbocycles. The Balaban J connectivity index is 0.000000360. The van der Waals surface area contributed by atoms with Crippen molar-refractivity contribution in [2.75, 3.05) is 19.6 Å². The lowest BCUT2D eigenvalue weighted by molar-refractivity contribution is -0.192. The number of benzene rings is 1. The van der Waals surface area contributed by atoms with E-state index in [0.717, 1.165) is 57.1 Å². The number of nitrogens with zero attached hydrogens (tertiary/aromatic N) is 2. The molecule has 9 heteroatoms. The molecule has 6 nitrogen and oxygen atoms in total. The molecular weight excluding hydrogens is 425 g/mol. The third kappa shape index (κ3) is 5.70. The number of carboxylic acids is 1. The lowest BCUT2D eigenvalue weighted by Crippen LogP contribution is -2.36. The van der Waals surface area contributed by atoms with Crippen LogP contribution >= 0.6 is 0 Å². The van der Waals surface area contributed by atoms with Crippen LogP contribution in [0.5, 0.6) is 0 Å². The lowest BCUT2D eigenvalue weighted by Gasteiger charge is -2.23. The van der Waals surface area contributed by atoms with Crippen LogP contribution in [0.2, 0.25) is 0 Å². The third-order valence-corrected chi connectivity index (χ3v) is 5.91. The monoisotopic (exact) mass is 452 g/mol. The maximum Gasteiger partial charge on any atom is 0.490 e. The topological polar surface area (TPSA) is 74.0 Å². The van der Waals surface area contributed by atoms with Crippen LogP contribution in [0, 0.1) is 19.3 Å². The van der Waals surface area contributed by atoms with E-state index in [-0.39, 0.29) is 5.41 Å². The molecule has 1 N–H and O–H groups in total. The van der Waals surface area contributed by atoms with Crippen LogP contribution in [0.3, 0.4) is 0 Å². The summed E-state index contributed by atoms with van der Waals surface area (Å²) in [5.41, 5.74) is 2.30. The van der Waals surface area contributed by atoms with Gasteiger partial charge in [-0.05, 0) is 50.9 Å². The summed E-state index contributed by atoms with van der Waals surface area (Å²) in [7, 11) is 0. The van der Waals surface area contributed by atoms with Gasteiger partial charge in [-0.25, -0.2) is 4.79 Å². The van der Waals surface area contributed by atoms with Crippen molar-refractivity contribution >= 4 is 11.9 Å². The Bertz CT molecular complexity index is 972. The molecule has 1 aromatic carbocycles. The predicted molar refractivity (Wildman–Crippen MR) is 111 cm³/mol. The number of halogens is 3. The van der Waals surface area contributed by atoms with Crippen LogP contribution in [0.4, 0.5) is 13.2 Å². The van der Waals surface area contributed by atoms with Crippen molar-refractivity contribution in [3.8, 4) is 0 Å². The molecule has 1 aromatic heterocycles. The number of alkyl halides is 3. The van der Waals surface area contributed by atoms with E-state index in [1.54, 1.807) is 0 Å². The van der Waals surface area contributed by atoms with Crippen molar-refractivity contribution in [1.29, 1.82) is 0 Å². The fourth-order valence-corrected chi connectivity index (χ4v) is 4.34. The molecule has 1 amide bonds. The fourth-order valence-electron chi connectivity index (χ4n) is 4.34. The highest BCUT2D eigenvalue weighted by atomic mass is 19.4. The summed E-state index contributed by atoms with van der Waals surface area (Å²) in [5, 5.41) is 7.12. The van der Waals surface area contributed by atoms with E-state index in [1.165, 1.54) is 11.1 Å². The molecule has 4 rings (SSSR count). The standard InChI is InChI=1S/C21H26N2O2.C2HF3O2/c1-16-4-3-5-18(12-16)13-23-11-9-21(20(23)24)8-10-22(15-21)14-19-7-6-17(2)25-19;3-2(4,5)1(6)7/h3-7,12H,8-11,13-15H2,1-2H3;(H,6,7). The molecule has 3 heterocycles. The number of amides is 1. The van der Waals surface area contributed by atoms with Gasteiger partial charge in [-0.2, -0.15) is 13.2 Å². The molecule has 2 aromatic rings. The number of carbonyl (C=O) groups excluding carboxylic acids is 1. The number of rotatable bonds is 4. The minimum absolute atomic E-state index is 0.175. The van der Waals surface area contributed by atoms with E-state index < -0.39 is 12.1 Å². The van der Waals surface area contributed by atoms with E-state index in [2.05, 4.69) is 41.0 Å². The predicted octanol–water partition coefficient (Wildman–Crippen LogP) is 4.15. The highest BCUT2D eigenvalue weighted by molar-refractivity contribution is 5.85. The summed E-state index contributed by atoms with van der Waals surface area (Å²) < 4.78 is 37.4. The van der Waals surface area contributed by atoms with Gasteiger partial charge in [-0.1, -0.05) is 29.8 Å². The largest absolute Gasteiger partial charge is 0.490 e. The van der Waals surface area contributed by atoms with Gasteiger partial charge in [0.15, 0.2) is 0 Å². The van der Waals surface area contributed by atoms with Crippen LogP contribution in [-0.4, -0.2) is 52.6 Å². The van der Waals surface area contributed by atoms with Crippen LogP contribution in [0.25, 0.3) is 0 Å². The molecule has 1 spiro atoms. The van der Waals surface area contributed by atoms with Crippen LogP contribution in [0.1, 0.15) is 35.5 Å². The van der Waals surface area contributed by atoms with Crippen LogP contribution in [0.15, 0.2) is 40.8 Å². The van der Waals surface area contributed by atoms with Crippen molar-refractivity contribution in [2.24, 2.45) is 5.41 Å². The first-order valence-electron chi connectivity index (χ1n) is 10.4. The zero-order chi connectivity index (χ0) is 23.5. The number of carboxylic acid groups (broad SMARTS) is 1. The number of aryl methyl sites for hydroxylation is 2. The molecule has 2 aliphatic heterocycles. The molecule has 0 radical (unpaired) electrons. The molecule has 1 unspecified atom stereocenters. The molecule has 2 fully saturated rings. The average Bonchev–Trinajstić information content (AvgIpc) is 3.38. The smallest absolute Gasteiger partial charge is 0.475 e. The van der Waals surface area contributed by atoms with E-state index in [4.69, 9.17) is 14.3 Å². The van der Waals surface area contributed by atoms with Gasteiger partial charge in [0.1, 0.15) is 11.5 Å². The van der Waals surface area contributed by atoms with Crippen molar-refractivity contribution in [3.05, 3.63) is 59.0 Å². The van der Waals surface area contributed by atoms with Crippen molar-refractivity contribution in [1.82, 2.24) is 9.80 Å². The Kier molecular flexibility index (Phi) is 6.97. The molecule has 2 saturated heterocycles. The van der Waals surface area contributed by atoms with Gasteiger partial charge in [-0.3, -0.25) is 9.69 Å². The first-order chi connectivity index (χ1) is 15.0. The van der Waals surface area contributed by atoms with Gasteiger partial charge in [0.25, 0.3) is 0 Å². The highest BCUT2D eigenvalue weighted by Gasteiger charge is 2.50. The highest BCUT2D eigenvalue weighted by Crippen LogP contribution is 2.41. The van der Waals surface area contributed by atoms with E-state index in [0.29, 0.717) is 5.91 Å². The molecular formula is C23H27F3N2O4. The number of hydrogen-bond acceptors (Lipinski definition) is 4. The van der Waals surface area contributed by atoms with Gasteiger partial charge in [0.2, 0.25) is 5.91 Å². The van der Waals surface area contributed by atoms with Crippen LogP contribution in [-0.2, 0) is 22.7 Å². The number of likely N-dealkylation sites (tertiary alicyclic amines) is 2. The molecule has 32 heavy (non-hydrogen) atoms. The Labute approximate surface area is 184 Å². The van der Waals surface area contributed by atoms with Crippen molar-refractivity contribution in [2.45, 2.75) is 46.0 Å². The first kappa shape index (κ1) is 23.8. The fraction of sp³-hybridized carbons (Fsp3) is 0.478.